The van der Waals surface area contributed by atoms with Gasteiger partial charge in [-0.15, -0.1) is 0 Å². The summed E-state index contributed by atoms with van der Waals surface area (Å²) in [7, 11) is 0. The van der Waals surface area contributed by atoms with Crippen LogP contribution in [0.3, 0.4) is 0 Å². The van der Waals surface area contributed by atoms with E-state index in [9.17, 15) is 4.79 Å². The van der Waals surface area contributed by atoms with Gasteiger partial charge in [-0.1, -0.05) is 32.6 Å². The lowest BCUT2D eigenvalue weighted by molar-refractivity contribution is -0.692. The molecule has 0 unspecified atom stereocenters. The summed E-state index contributed by atoms with van der Waals surface area (Å²) in [5.74, 6) is 0.359. The Hall–Kier alpha value is -1.32. The minimum Gasteiger partial charge on any atom is -0.478 e. The first-order valence-corrected chi connectivity index (χ1v) is 6.98. The van der Waals surface area contributed by atoms with Crippen molar-refractivity contribution in [1.29, 1.82) is 0 Å². The van der Waals surface area contributed by atoms with E-state index < -0.39 is 5.97 Å². The summed E-state index contributed by atoms with van der Waals surface area (Å²) in [5, 5.41) is 8.88. The highest BCUT2D eigenvalue weighted by Crippen LogP contribution is 2.07. The Morgan fingerprint density at radius 2 is 2.00 bits per heavy atom. The smallest absolute Gasteiger partial charge is 0.346 e. The number of unbranched alkanes of at least 4 members (excludes halogenated alkanes) is 4. The third kappa shape index (κ3) is 4.51. The van der Waals surface area contributed by atoms with Crippen molar-refractivity contribution in [2.45, 2.75) is 65.5 Å². The Morgan fingerprint density at radius 3 is 2.61 bits per heavy atom. The molecular formula is C14H25N2O2+. The van der Waals surface area contributed by atoms with Crippen molar-refractivity contribution < 1.29 is 14.5 Å². The van der Waals surface area contributed by atoms with Gasteiger partial charge >= 0.3 is 5.97 Å². The molecule has 4 nitrogen and oxygen atoms in total. The van der Waals surface area contributed by atoms with Crippen LogP contribution in [0.4, 0.5) is 0 Å². The summed E-state index contributed by atoms with van der Waals surface area (Å²) in [6.07, 6.45) is 11.0. The normalized spacial score (nSPS) is 10.8. The second kappa shape index (κ2) is 7.90. The standard InChI is InChI=1S/C14H24N2O2/c1-3-5-6-7-8-9-13-15(4-2)10-11-16(13)12-14(17)18/h10-11H,3-9,12H2,1-2H3/p+1. The van der Waals surface area contributed by atoms with Gasteiger partial charge in [0.1, 0.15) is 12.4 Å². The van der Waals surface area contributed by atoms with Crippen LogP contribution < -0.4 is 4.57 Å². The van der Waals surface area contributed by atoms with Gasteiger partial charge in [-0.2, -0.15) is 0 Å². The van der Waals surface area contributed by atoms with E-state index in [2.05, 4.69) is 18.4 Å². The molecule has 102 valence electrons. The molecule has 18 heavy (non-hydrogen) atoms. The van der Waals surface area contributed by atoms with E-state index in [-0.39, 0.29) is 6.54 Å². The largest absolute Gasteiger partial charge is 0.478 e. The van der Waals surface area contributed by atoms with Gasteiger partial charge in [-0.3, -0.25) is 0 Å². The molecule has 0 spiro atoms. The van der Waals surface area contributed by atoms with Crippen molar-refractivity contribution in [3.63, 3.8) is 0 Å². The maximum Gasteiger partial charge on any atom is 0.346 e. The molecule has 1 rings (SSSR count). The van der Waals surface area contributed by atoms with Gasteiger partial charge in [0.25, 0.3) is 5.82 Å². The van der Waals surface area contributed by atoms with Crippen LogP contribution in [0.25, 0.3) is 0 Å². The fraction of sp³-hybridized carbons (Fsp3) is 0.714. The summed E-state index contributed by atoms with van der Waals surface area (Å²) in [4.78, 5) is 10.8. The minimum atomic E-state index is -0.777. The lowest BCUT2D eigenvalue weighted by Crippen LogP contribution is -2.40. The van der Waals surface area contributed by atoms with Crippen LogP contribution in [0.15, 0.2) is 12.4 Å². The number of aryl methyl sites for hydroxylation is 1. The van der Waals surface area contributed by atoms with Crippen molar-refractivity contribution in [3.05, 3.63) is 18.2 Å². The lowest BCUT2D eigenvalue weighted by Gasteiger charge is -2.02. The zero-order valence-electron chi connectivity index (χ0n) is 11.6. The Bertz CT molecular complexity index is 372. The second-order valence-corrected chi connectivity index (χ2v) is 4.69. The topological polar surface area (TPSA) is 46.1 Å². The highest BCUT2D eigenvalue weighted by Gasteiger charge is 2.17. The molecule has 0 amide bonds. The molecule has 0 saturated heterocycles. The molecule has 1 aromatic heterocycles. The van der Waals surface area contributed by atoms with E-state index in [4.69, 9.17) is 5.11 Å². The number of carboxylic acid groups (broad SMARTS) is 1. The van der Waals surface area contributed by atoms with Crippen LogP contribution in [0.2, 0.25) is 0 Å². The SMILES string of the molecule is CCCCCCCc1n(CC)cc[n+]1CC(=O)O. The summed E-state index contributed by atoms with van der Waals surface area (Å²) in [6, 6.07) is 0. The Labute approximate surface area is 109 Å². The average molecular weight is 253 g/mol. The molecular weight excluding hydrogens is 228 g/mol. The Morgan fingerprint density at radius 1 is 1.28 bits per heavy atom. The lowest BCUT2D eigenvalue weighted by atomic mass is 10.1. The van der Waals surface area contributed by atoms with Crippen LogP contribution in [-0.2, 0) is 24.3 Å². The average Bonchev–Trinajstić information content (AvgIpc) is 2.70. The summed E-state index contributed by atoms with van der Waals surface area (Å²) < 4.78 is 3.99. The highest BCUT2D eigenvalue weighted by molar-refractivity contribution is 5.64. The van der Waals surface area contributed by atoms with Crippen molar-refractivity contribution in [2.75, 3.05) is 0 Å². The van der Waals surface area contributed by atoms with Gasteiger partial charge in [0, 0.05) is 6.42 Å². The predicted octanol–water partition coefficient (Wildman–Crippen LogP) is 2.39. The van der Waals surface area contributed by atoms with Crippen molar-refractivity contribution in [3.8, 4) is 0 Å². The summed E-state index contributed by atoms with van der Waals surface area (Å²) in [5.41, 5.74) is 0. The minimum absolute atomic E-state index is 0.0668. The number of carbonyl (C=O) groups is 1. The molecule has 1 aromatic rings. The number of aliphatic carboxylic acids is 1. The molecule has 0 fully saturated rings. The Kier molecular flexibility index (Phi) is 6.47. The molecule has 4 heteroatoms. The quantitative estimate of drug-likeness (QED) is 0.542. The monoisotopic (exact) mass is 253 g/mol. The molecule has 0 aliphatic rings. The molecule has 1 heterocycles. The summed E-state index contributed by atoms with van der Waals surface area (Å²) >= 11 is 0. The number of hydrogen-bond donors (Lipinski definition) is 1. The van der Waals surface area contributed by atoms with E-state index in [1.165, 1.54) is 25.7 Å². The van der Waals surface area contributed by atoms with E-state index in [0.717, 1.165) is 25.2 Å². The van der Waals surface area contributed by atoms with Gasteiger partial charge in [-0.25, -0.2) is 13.9 Å². The van der Waals surface area contributed by atoms with E-state index in [1.54, 1.807) is 0 Å². The fourth-order valence-corrected chi connectivity index (χ4v) is 2.25. The fourth-order valence-electron chi connectivity index (χ4n) is 2.25. The van der Waals surface area contributed by atoms with Gasteiger partial charge in [0.05, 0.1) is 6.54 Å². The van der Waals surface area contributed by atoms with Crippen LogP contribution in [0, 0.1) is 0 Å². The molecule has 0 bridgehead atoms. The first-order chi connectivity index (χ1) is 8.69. The van der Waals surface area contributed by atoms with E-state index in [1.807, 2.05) is 17.0 Å². The molecule has 0 aliphatic carbocycles. The van der Waals surface area contributed by atoms with Gasteiger partial charge in [-0.05, 0) is 13.3 Å². The zero-order chi connectivity index (χ0) is 13.4. The molecule has 1 N–H and O–H groups in total. The zero-order valence-corrected chi connectivity index (χ0v) is 11.6. The van der Waals surface area contributed by atoms with Gasteiger partial charge in [0.2, 0.25) is 0 Å². The number of rotatable bonds is 9. The Balaban J connectivity index is 2.55. The maximum absolute atomic E-state index is 10.8. The van der Waals surface area contributed by atoms with Crippen LogP contribution in [-0.4, -0.2) is 15.6 Å². The van der Waals surface area contributed by atoms with Crippen LogP contribution in [0.5, 0.6) is 0 Å². The maximum atomic E-state index is 10.8. The summed E-state index contributed by atoms with van der Waals surface area (Å²) in [6.45, 7) is 5.27. The van der Waals surface area contributed by atoms with Crippen LogP contribution >= 0.6 is 0 Å². The number of aromatic nitrogens is 2. The molecule has 0 aromatic carbocycles. The molecule has 0 saturated carbocycles. The van der Waals surface area contributed by atoms with E-state index >= 15 is 0 Å². The molecule has 0 aliphatic heterocycles. The third-order valence-electron chi connectivity index (χ3n) is 3.24. The predicted molar refractivity (Wildman–Crippen MR) is 70.4 cm³/mol. The van der Waals surface area contributed by atoms with Crippen LogP contribution in [0.1, 0.15) is 51.8 Å². The number of nitrogens with zero attached hydrogens (tertiary/aromatic N) is 2. The molecule has 0 atom stereocenters. The number of hydrogen-bond acceptors (Lipinski definition) is 1. The van der Waals surface area contributed by atoms with E-state index in [0.29, 0.717) is 0 Å². The van der Waals surface area contributed by atoms with Gasteiger partial charge < -0.3 is 5.11 Å². The number of imidazole rings is 1. The molecule has 0 radical (unpaired) electrons. The third-order valence-corrected chi connectivity index (χ3v) is 3.24. The first kappa shape index (κ1) is 14.7. The number of carboxylic acids is 1. The second-order valence-electron chi connectivity index (χ2n) is 4.69. The highest BCUT2D eigenvalue weighted by atomic mass is 16.4. The van der Waals surface area contributed by atoms with Crippen molar-refractivity contribution in [2.24, 2.45) is 0 Å². The van der Waals surface area contributed by atoms with Crippen molar-refractivity contribution >= 4 is 5.97 Å². The first-order valence-electron chi connectivity index (χ1n) is 6.98. The van der Waals surface area contributed by atoms with Crippen molar-refractivity contribution in [1.82, 2.24) is 4.57 Å². The van der Waals surface area contributed by atoms with Gasteiger partial charge in [0.15, 0.2) is 6.54 Å².